The van der Waals surface area contributed by atoms with Gasteiger partial charge in [0.2, 0.25) is 0 Å². The molecule has 0 aliphatic carbocycles. The van der Waals surface area contributed by atoms with Crippen LogP contribution in [0.15, 0.2) is 22.7 Å². The van der Waals surface area contributed by atoms with Crippen LogP contribution in [0.4, 0.5) is 0 Å². The van der Waals surface area contributed by atoms with Crippen LogP contribution in [0.3, 0.4) is 0 Å². The highest BCUT2D eigenvalue weighted by Crippen LogP contribution is 2.28. The lowest BCUT2D eigenvalue weighted by molar-refractivity contribution is 0.190. The molecule has 1 rings (SSSR count). The molecular weight excluding hydrogens is 304 g/mol. The SMILES string of the molecule is CCCCCCCCOc1cc(Br)ccc1[C@@H](C)O. The van der Waals surface area contributed by atoms with Crippen molar-refractivity contribution in [3.63, 3.8) is 0 Å². The average molecular weight is 329 g/mol. The third kappa shape index (κ3) is 6.44. The van der Waals surface area contributed by atoms with Crippen LogP contribution in [-0.2, 0) is 0 Å². The maximum Gasteiger partial charge on any atom is 0.126 e. The van der Waals surface area contributed by atoms with E-state index in [4.69, 9.17) is 4.74 Å². The number of ether oxygens (including phenoxy) is 1. The normalized spacial score (nSPS) is 12.4. The Morgan fingerprint density at radius 3 is 2.53 bits per heavy atom. The molecular formula is C16H25BrO2. The zero-order chi connectivity index (χ0) is 14.1. The highest BCUT2D eigenvalue weighted by atomic mass is 79.9. The summed E-state index contributed by atoms with van der Waals surface area (Å²) in [4.78, 5) is 0. The topological polar surface area (TPSA) is 29.5 Å². The summed E-state index contributed by atoms with van der Waals surface area (Å²) in [5, 5.41) is 9.70. The zero-order valence-electron chi connectivity index (χ0n) is 12.0. The summed E-state index contributed by atoms with van der Waals surface area (Å²) < 4.78 is 6.78. The number of benzene rings is 1. The van der Waals surface area contributed by atoms with Crippen molar-refractivity contribution in [2.75, 3.05) is 6.61 Å². The largest absolute Gasteiger partial charge is 0.493 e. The molecule has 1 atom stereocenters. The number of rotatable bonds is 9. The van der Waals surface area contributed by atoms with Gasteiger partial charge in [0, 0.05) is 10.0 Å². The molecule has 0 aliphatic rings. The number of hydrogen-bond acceptors (Lipinski definition) is 2. The minimum absolute atomic E-state index is 0.493. The second-order valence-electron chi connectivity index (χ2n) is 4.97. The number of aliphatic hydroxyl groups is 1. The average Bonchev–Trinajstić information content (AvgIpc) is 2.37. The van der Waals surface area contributed by atoms with Crippen LogP contribution < -0.4 is 4.74 Å². The van der Waals surface area contributed by atoms with Gasteiger partial charge in [-0.25, -0.2) is 0 Å². The Bertz CT molecular complexity index is 364. The molecule has 0 amide bonds. The van der Waals surface area contributed by atoms with Gasteiger partial charge in [-0.05, 0) is 25.5 Å². The van der Waals surface area contributed by atoms with Crippen molar-refractivity contribution in [3.05, 3.63) is 28.2 Å². The Balaban J connectivity index is 2.34. The molecule has 0 bridgehead atoms. The van der Waals surface area contributed by atoms with E-state index in [-0.39, 0.29) is 0 Å². The Labute approximate surface area is 125 Å². The van der Waals surface area contributed by atoms with Crippen LogP contribution >= 0.6 is 15.9 Å². The van der Waals surface area contributed by atoms with Gasteiger partial charge in [-0.2, -0.15) is 0 Å². The van der Waals surface area contributed by atoms with Crippen LogP contribution in [-0.4, -0.2) is 11.7 Å². The highest BCUT2D eigenvalue weighted by Gasteiger charge is 2.09. The molecule has 0 unspecified atom stereocenters. The fourth-order valence-electron chi connectivity index (χ4n) is 2.04. The summed E-state index contributed by atoms with van der Waals surface area (Å²) in [5.41, 5.74) is 0.856. The summed E-state index contributed by atoms with van der Waals surface area (Å²) >= 11 is 3.43. The van der Waals surface area contributed by atoms with Gasteiger partial charge in [0.25, 0.3) is 0 Å². The molecule has 0 spiro atoms. The van der Waals surface area contributed by atoms with Crippen molar-refractivity contribution in [3.8, 4) is 5.75 Å². The second kappa shape index (κ2) is 9.38. The van der Waals surface area contributed by atoms with Crippen LogP contribution in [0.5, 0.6) is 5.75 Å². The van der Waals surface area contributed by atoms with E-state index >= 15 is 0 Å². The molecule has 3 heteroatoms. The molecule has 0 heterocycles. The van der Waals surface area contributed by atoms with Gasteiger partial charge in [-0.15, -0.1) is 0 Å². The van der Waals surface area contributed by atoms with E-state index in [0.717, 1.165) is 28.8 Å². The van der Waals surface area contributed by atoms with Gasteiger partial charge in [0.1, 0.15) is 5.75 Å². The minimum Gasteiger partial charge on any atom is -0.493 e. The third-order valence-corrected chi connectivity index (χ3v) is 3.67. The summed E-state index contributed by atoms with van der Waals surface area (Å²) in [6.07, 6.45) is 7.04. The number of halogens is 1. The first-order valence-corrected chi connectivity index (χ1v) is 8.04. The predicted octanol–water partition coefficient (Wildman–Crippen LogP) is 5.24. The van der Waals surface area contributed by atoms with Crippen molar-refractivity contribution in [2.24, 2.45) is 0 Å². The molecule has 0 saturated carbocycles. The maximum atomic E-state index is 9.70. The van der Waals surface area contributed by atoms with Crippen molar-refractivity contribution in [1.82, 2.24) is 0 Å². The fraction of sp³-hybridized carbons (Fsp3) is 0.625. The molecule has 19 heavy (non-hydrogen) atoms. The molecule has 1 aromatic carbocycles. The maximum absolute atomic E-state index is 9.70. The summed E-state index contributed by atoms with van der Waals surface area (Å²) in [7, 11) is 0. The molecule has 0 fully saturated rings. The first kappa shape index (κ1) is 16.5. The lowest BCUT2D eigenvalue weighted by Gasteiger charge is -2.13. The van der Waals surface area contributed by atoms with Gasteiger partial charge in [0.15, 0.2) is 0 Å². The van der Waals surface area contributed by atoms with E-state index in [1.807, 2.05) is 18.2 Å². The van der Waals surface area contributed by atoms with Crippen molar-refractivity contribution in [1.29, 1.82) is 0 Å². The van der Waals surface area contributed by atoms with Gasteiger partial charge in [-0.1, -0.05) is 61.0 Å². The molecule has 0 aromatic heterocycles. The van der Waals surface area contributed by atoms with E-state index in [1.54, 1.807) is 6.92 Å². The lowest BCUT2D eigenvalue weighted by atomic mass is 10.1. The molecule has 108 valence electrons. The zero-order valence-corrected chi connectivity index (χ0v) is 13.6. The van der Waals surface area contributed by atoms with Crippen molar-refractivity contribution >= 4 is 15.9 Å². The Morgan fingerprint density at radius 1 is 1.16 bits per heavy atom. The first-order valence-electron chi connectivity index (χ1n) is 7.25. The van der Waals surface area contributed by atoms with Crippen LogP contribution in [0.1, 0.15) is 64.0 Å². The standard InChI is InChI=1S/C16H25BrO2/c1-3-4-5-6-7-8-11-19-16-12-14(17)9-10-15(16)13(2)18/h9-10,12-13,18H,3-8,11H2,1-2H3/t13-/m1/s1. The van der Waals surface area contributed by atoms with Gasteiger partial charge in [0.05, 0.1) is 12.7 Å². The molecule has 1 aromatic rings. The summed E-state index contributed by atoms with van der Waals surface area (Å²) in [5.74, 6) is 0.790. The summed E-state index contributed by atoms with van der Waals surface area (Å²) in [6.45, 7) is 4.72. The first-order chi connectivity index (χ1) is 9.15. The molecule has 0 radical (unpaired) electrons. The fourth-order valence-corrected chi connectivity index (χ4v) is 2.38. The molecule has 1 N–H and O–H groups in total. The lowest BCUT2D eigenvalue weighted by Crippen LogP contribution is -2.02. The predicted molar refractivity (Wildman–Crippen MR) is 83.6 cm³/mol. The third-order valence-electron chi connectivity index (χ3n) is 3.18. The molecule has 2 nitrogen and oxygen atoms in total. The van der Waals surface area contributed by atoms with Crippen LogP contribution in [0.2, 0.25) is 0 Å². The molecule has 0 aliphatic heterocycles. The van der Waals surface area contributed by atoms with E-state index in [0.29, 0.717) is 0 Å². The van der Waals surface area contributed by atoms with E-state index in [1.165, 1.54) is 32.1 Å². The number of hydrogen-bond donors (Lipinski definition) is 1. The van der Waals surface area contributed by atoms with Gasteiger partial charge >= 0.3 is 0 Å². The Kier molecular flexibility index (Phi) is 8.15. The van der Waals surface area contributed by atoms with Crippen LogP contribution in [0, 0.1) is 0 Å². The van der Waals surface area contributed by atoms with Crippen molar-refractivity contribution in [2.45, 2.75) is 58.5 Å². The quantitative estimate of drug-likeness (QED) is 0.628. The monoisotopic (exact) mass is 328 g/mol. The Morgan fingerprint density at radius 2 is 1.84 bits per heavy atom. The van der Waals surface area contributed by atoms with Gasteiger partial charge < -0.3 is 9.84 Å². The van der Waals surface area contributed by atoms with Crippen LogP contribution in [0.25, 0.3) is 0 Å². The number of unbranched alkanes of at least 4 members (excludes halogenated alkanes) is 5. The number of aliphatic hydroxyl groups excluding tert-OH is 1. The van der Waals surface area contributed by atoms with E-state index in [9.17, 15) is 5.11 Å². The van der Waals surface area contributed by atoms with Crippen molar-refractivity contribution < 1.29 is 9.84 Å². The summed E-state index contributed by atoms with van der Waals surface area (Å²) in [6, 6.07) is 5.77. The minimum atomic E-state index is -0.493. The highest BCUT2D eigenvalue weighted by molar-refractivity contribution is 9.10. The van der Waals surface area contributed by atoms with Gasteiger partial charge in [-0.3, -0.25) is 0 Å². The Hall–Kier alpha value is -0.540. The van der Waals surface area contributed by atoms with E-state index in [2.05, 4.69) is 22.9 Å². The van der Waals surface area contributed by atoms with E-state index < -0.39 is 6.10 Å². The smallest absolute Gasteiger partial charge is 0.126 e. The molecule has 0 saturated heterocycles. The second-order valence-corrected chi connectivity index (χ2v) is 5.89.